The molecule has 0 aliphatic rings. The van der Waals surface area contributed by atoms with Gasteiger partial charge in [-0.15, -0.1) is 0 Å². The Kier molecular flexibility index (Phi) is 4.95. The van der Waals surface area contributed by atoms with E-state index < -0.39 is 6.09 Å². The molecule has 1 aromatic heterocycles. The summed E-state index contributed by atoms with van der Waals surface area (Å²) in [5, 5.41) is 12.0. The van der Waals surface area contributed by atoms with Gasteiger partial charge in [-0.2, -0.15) is 9.64 Å². The van der Waals surface area contributed by atoms with Crippen molar-refractivity contribution in [1.82, 2.24) is 9.69 Å². The van der Waals surface area contributed by atoms with Crippen molar-refractivity contribution in [1.29, 1.82) is 0 Å². The third kappa shape index (κ3) is 2.68. The van der Waals surface area contributed by atoms with Gasteiger partial charge in [-0.1, -0.05) is 10.2 Å². The minimum atomic E-state index is -0.783. The Labute approximate surface area is 117 Å². The number of carbonyl (C=O) groups is 2. The molecule has 0 unspecified atom stereocenters. The van der Waals surface area contributed by atoms with Crippen molar-refractivity contribution in [3.8, 4) is 0 Å². The van der Waals surface area contributed by atoms with Crippen molar-refractivity contribution in [2.45, 2.75) is 27.7 Å². The molecule has 0 aliphatic carbocycles. The number of hydrogen-bond acceptors (Lipinski definition) is 4. The molecule has 8 nitrogen and oxygen atoms in total. The summed E-state index contributed by atoms with van der Waals surface area (Å²) in [5.41, 5.74) is 3.14. The van der Waals surface area contributed by atoms with E-state index in [9.17, 15) is 14.8 Å². The fraction of sp³-hybridized carbons (Fsp3) is 0.583. The normalized spacial score (nSPS) is 10.2. The van der Waals surface area contributed by atoms with Gasteiger partial charge in [0, 0.05) is 20.0 Å². The molecular formula is C12H20N4O4. The third-order valence-corrected chi connectivity index (χ3v) is 3.16. The molecule has 0 saturated carbocycles. The maximum atomic E-state index is 12.4. The molecule has 1 heterocycles. The van der Waals surface area contributed by atoms with Crippen LogP contribution in [0.4, 0.5) is 4.79 Å². The Morgan fingerprint density at radius 1 is 1.35 bits per heavy atom. The van der Waals surface area contributed by atoms with E-state index in [1.165, 1.54) is 14.0 Å². The molecule has 2 amide bonds. The lowest BCUT2D eigenvalue weighted by Gasteiger charge is -2.18. The molecule has 0 atom stereocenters. The van der Waals surface area contributed by atoms with Crippen LogP contribution in [-0.4, -0.2) is 41.9 Å². The summed E-state index contributed by atoms with van der Waals surface area (Å²) in [4.78, 5) is 26.6. The van der Waals surface area contributed by atoms with Crippen molar-refractivity contribution >= 4 is 12.0 Å². The van der Waals surface area contributed by atoms with Gasteiger partial charge in [-0.25, -0.2) is 0 Å². The summed E-state index contributed by atoms with van der Waals surface area (Å²) in [6.45, 7) is 7.94. The molecule has 0 fully saturated rings. The Bertz CT molecular complexity index is 520. The van der Waals surface area contributed by atoms with Crippen molar-refractivity contribution in [3.63, 3.8) is 0 Å². The lowest BCUT2D eigenvalue weighted by molar-refractivity contribution is -0.694. The highest BCUT2D eigenvalue weighted by Gasteiger charge is 2.28. The first-order valence-electron chi connectivity index (χ1n) is 6.34. The van der Waals surface area contributed by atoms with E-state index in [2.05, 4.69) is 10.2 Å². The standard InChI is InChI=1S/C12H20N4O4/c1-6-14(7-2)11(17)10-8(3)15(13-12(18)20-5)16(19)9(10)4/h6-7H2,1-5H3,(H,13,18). The minimum Gasteiger partial charge on any atom is -0.692 e. The highest BCUT2D eigenvalue weighted by molar-refractivity contribution is 5.96. The van der Waals surface area contributed by atoms with E-state index in [1.54, 1.807) is 11.8 Å². The Morgan fingerprint density at radius 3 is 2.35 bits per heavy atom. The zero-order chi connectivity index (χ0) is 15.4. The number of nitrogens with one attached hydrogen (secondary N) is 1. The quantitative estimate of drug-likeness (QED) is 0.645. The van der Waals surface area contributed by atoms with Crippen LogP contribution >= 0.6 is 0 Å². The van der Waals surface area contributed by atoms with Crippen LogP contribution in [0.2, 0.25) is 0 Å². The maximum absolute atomic E-state index is 12.4. The summed E-state index contributed by atoms with van der Waals surface area (Å²) in [7, 11) is 1.19. The number of ether oxygens (including phenoxy) is 1. The van der Waals surface area contributed by atoms with Crippen LogP contribution in [0.5, 0.6) is 0 Å². The number of aromatic nitrogens is 2. The minimum absolute atomic E-state index is 0.232. The first-order valence-corrected chi connectivity index (χ1v) is 6.34. The number of carbonyl (C=O) groups excluding carboxylic acids is 2. The molecule has 112 valence electrons. The van der Waals surface area contributed by atoms with Gasteiger partial charge >= 0.3 is 6.09 Å². The highest BCUT2D eigenvalue weighted by Crippen LogP contribution is 2.13. The molecular weight excluding hydrogens is 264 g/mol. The second kappa shape index (κ2) is 6.27. The summed E-state index contributed by atoms with van der Waals surface area (Å²) >= 11 is 0. The summed E-state index contributed by atoms with van der Waals surface area (Å²) in [6, 6.07) is 0. The molecule has 0 aliphatic heterocycles. The van der Waals surface area contributed by atoms with Gasteiger partial charge in [-0.3, -0.25) is 4.79 Å². The lowest BCUT2D eigenvalue weighted by atomic mass is 10.1. The Morgan fingerprint density at radius 2 is 1.90 bits per heavy atom. The molecule has 1 aromatic rings. The number of amides is 2. The monoisotopic (exact) mass is 284 g/mol. The number of rotatable bonds is 4. The highest BCUT2D eigenvalue weighted by atomic mass is 16.6. The van der Waals surface area contributed by atoms with E-state index >= 15 is 0 Å². The van der Waals surface area contributed by atoms with Gasteiger partial charge < -0.3 is 14.8 Å². The number of methoxy groups -OCH3 is 1. The molecule has 20 heavy (non-hydrogen) atoms. The fourth-order valence-corrected chi connectivity index (χ4v) is 1.99. The first-order chi connectivity index (χ1) is 9.38. The lowest BCUT2D eigenvalue weighted by Crippen LogP contribution is -2.46. The van der Waals surface area contributed by atoms with Crippen LogP contribution in [0.25, 0.3) is 0 Å². The third-order valence-electron chi connectivity index (χ3n) is 3.16. The smallest absolute Gasteiger partial charge is 0.523 e. The van der Waals surface area contributed by atoms with Gasteiger partial charge in [0.2, 0.25) is 0 Å². The van der Waals surface area contributed by atoms with E-state index in [0.717, 1.165) is 4.79 Å². The average Bonchev–Trinajstić information content (AvgIpc) is 2.63. The zero-order valence-corrected chi connectivity index (χ0v) is 12.4. The second-order valence-corrected chi connectivity index (χ2v) is 4.21. The number of hydrogen-bond donors (Lipinski definition) is 1. The molecule has 0 saturated heterocycles. The largest absolute Gasteiger partial charge is 0.692 e. The van der Waals surface area contributed by atoms with Crippen molar-refractivity contribution in [2.75, 3.05) is 25.6 Å². The van der Waals surface area contributed by atoms with Crippen LogP contribution in [0.3, 0.4) is 0 Å². The van der Waals surface area contributed by atoms with Crippen LogP contribution in [-0.2, 0) is 4.74 Å². The topological polar surface area (TPSA) is 90.5 Å². The van der Waals surface area contributed by atoms with Crippen LogP contribution < -0.4 is 10.3 Å². The van der Waals surface area contributed by atoms with Gasteiger partial charge in [0.15, 0.2) is 0 Å². The summed E-state index contributed by atoms with van der Waals surface area (Å²) in [5.74, 6) is -0.236. The summed E-state index contributed by atoms with van der Waals surface area (Å²) in [6.07, 6.45) is -0.783. The Hall–Kier alpha value is -2.25. The predicted molar refractivity (Wildman–Crippen MR) is 71.9 cm³/mol. The van der Waals surface area contributed by atoms with Crippen LogP contribution in [0, 0.1) is 19.1 Å². The van der Waals surface area contributed by atoms with E-state index in [-0.39, 0.29) is 11.6 Å². The SMILES string of the molecule is CCN(CC)C(=O)c1c(C)n(NC(=O)OC)[n+]([O-])c1C. The van der Waals surface area contributed by atoms with Crippen LogP contribution in [0.1, 0.15) is 35.6 Å². The van der Waals surface area contributed by atoms with E-state index in [4.69, 9.17) is 0 Å². The number of nitrogens with zero attached hydrogens (tertiary/aromatic N) is 3. The van der Waals surface area contributed by atoms with Crippen molar-refractivity contribution in [3.05, 3.63) is 22.2 Å². The average molecular weight is 284 g/mol. The Balaban J connectivity index is 3.26. The van der Waals surface area contributed by atoms with E-state index in [1.807, 2.05) is 13.8 Å². The van der Waals surface area contributed by atoms with Gasteiger partial charge in [-0.05, 0) is 20.8 Å². The van der Waals surface area contributed by atoms with Crippen LogP contribution in [0.15, 0.2) is 0 Å². The van der Waals surface area contributed by atoms with E-state index in [0.29, 0.717) is 29.2 Å². The van der Waals surface area contributed by atoms with Gasteiger partial charge in [0.1, 0.15) is 17.0 Å². The second-order valence-electron chi connectivity index (χ2n) is 4.21. The molecule has 1 rings (SSSR count). The molecule has 0 bridgehead atoms. The van der Waals surface area contributed by atoms with Crippen molar-refractivity contribution < 1.29 is 19.2 Å². The molecule has 0 spiro atoms. The maximum Gasteiger partial charge on any atom is 0.523 e. The molecule has 0 radical (unpaired) electrons. The predicted octanol–water partition coefficient (Wildman–Crippen LogP) is 0.530. The molecule has 1 N–H and O–H groups in total. The molecule has 0 aromatic carbocycles. The first kappa shape index (κ1) is 15.8. The zero-order valence-electron chi connectivity index (χ0n) is 12.4. The van der Waals surface area contributed by atoms with Crippen molar-refractivity contribution in [2.24, 2.45) is 0 Å². The summed E-state index contributed by atoms with van der Waals surface area (Å²) < 4.78 is 4.45. The molecule has 8 heteroatoms. The van der Waals surface area contributed by atoms with Gasteiger partial charge in [0.05, 0.1) is 7.11 Å². The van der Waals surface area contributed by atoms with Gasteiger partial charge in [0.25, 0.3) is 5.91 Å². The fourth-order valence-electron chi connectivity index (χ4n) is 1.99.